The van der Waals surface area contributed by atoms with Crippen LogP contribution in [0.1, 0.15) is 51.0 Å². The minimum atomic E-state index is -3.80. The molecule has 0 unspecified atom stereocenters. The van der Waals surface area contributed by atoms with E-state index in [0.717, 1.165) is 22.3 Å². The molecule has 0 aliphatic heterocycles. The lowest BCUT2D eigenvalue weighted by molar-refractivity contribution is 0.421. The molecule has 0 bridgehead atoms. The number of hydrogen-bond donors (Lipinski definition) is 2. The molecule has 4 aromatic carbocycles. The van der Waals surface area contributed by atoms with Crippen LogP contribution in [0.15, 0.2) is 102 Å². The van der Waals surface area contributed by atoms with Crippen LogP contribution in [0.25, 0.3) is 0 Å². The van der Waals surface area contributed by atoms with Crippen LogP contribution in [0.4, 0.5) is 0 Å². The summed E-state index contributed by atoms with van der Waals surface area (Å²) in [5, 5.41) is 3.69. The van der Waals surface area contributed by atoms with Gasteiger partial charge < -0.3 is 5.32 Å². The Bertz CT molecular complexity index is 1420. The Hall–Kier alpha value is -3.25. The van der Waals surface area contributed by atoms with E-state index < -0.39 is 16.1 Å². The van der Waals surface area contributed by atoms with Crippen molar-refractivity contribution in [3.63, 3.8) is 0 Å². The van der Waals surface area contributed by atoms with Crippen LogP contribution >= 0.6 is 0 Å². The fourth-order valence-electron chi connectivity index (χ4n) is 4.52. The van der Waals surface area contributed by atoms with Crippen LogP contribution in [0.2, 0.25) is 0 Å². The van der Waals surface area contributed by atoms with Crippen molar-refractivity contribution in [1.29, 1.82) is 0 Å². The molecule has 4 rings (SSSR count). The second-order valence-corrected chi connectivity index (χ2v) is 11.2. The van der Waals surface area contributed by atoms with Crippen molar-refractivity contribution in [2.45, 2.75) is 51.2 Å². The van der Waals surface area contributed by atoms with Crippen molar-refractivity contribution in [1.82, 2.24) is 10.0 Å². The summed E-state index contributed by atoms with van der Waals surface area (Å²) >= 11 is 0. The minimum Gasteiger partial charge on any atom is -0.304 e. The quantitative estimate of drug-likeness (QED) is 0.278. The number of nitrogens with one attached hydrogen (secondary N) is 2. The third kappa shape index (κ3) is 6.11. The molecular weight excluding hydrogens is 464 g/mol. The average molecular weight is 499 g/mol. The van der Waals surface area contributed by atoms with E-state index in [1.165, 1.54) is 16.7 Å². The third-order valence-electron chi connectivity index (χ3n) is 6.58. The zero-order valence-corrected chi connectivity index (χ0v) is 22.1. The van der Waals surface area contributed by atoms with Gasteiger partial charge in [-0.1, -0.05) is 96.6 Å². The number of rotatable bonds is 9. The van der Waals surface area contributed by atoms with Crippen molar-refractivity contribution in [3.05, 3.63) is 136 Å². The first-order valence-corrected chi connectivity index (χ1v) is 13.7. The molecule has 4 nitrogen and oxygen atoms in total. The molecule has 2 atom stereocenters. The minimum absolute atomic E-state index is 0.298. The van der Waals surface area contributed by atoms with Gasteiger partial charge in [0, 0.05) is 6.54 Å². The summed E-state index contributed by atoms with van der Waals surface area (Å²) in [7, 11) is -3.80. The van der Waals surface area contributed by atoms with Crippen LogP contribution in [-0.4, -0.2) is 8.42 Å². The Morgan fingerprint density at radius 3 is 1.78 bits per heavy atom. The number of sulfonamides is 1. The molecule has 0 saturated carbocycles. The summed E-state index contributed by atoms with van der Waals surface area (Å²) < 4.78 is 30.6. The van der Waals surface area contributed by atoms with Gasteiger partial charge in [0.2, 0.25) is 10.0 Å². The monoisotopic (exact) mass is 498 g/mol. The smallest absolute Gasteiger partial charge is 0.241 e. The molecule has 0 aliphatic carbocycles. The van der Waals surface area contributed by atoms with Gasteiger partial charge in [-0.15, -0.1) is 0 Å². The van der Waals surface area contributed by atoms with Gasteiger partial charge in [0.05, 0.1) is 17.0 Å². The van der Waals surface area contributed by atoms with Gasteiger partial charge in [0.25, 0.3) is 0 Å². The molecular formula is C31H34N2O2S. The molecule has 0 aromatic heterocycles. The van der Waals surface area contributed by atoms with E-state index in [2.05, 4.69) is 42.1 Å². The van der Waals surface area contributed by atoms with Crippen molar-refractivity contribution < 1.29 is 8.42 Å². The average Bonchev–Trinajstić information content (AvgIpc) is 2.88. The molecule has 5 heteroatoms. The first-order valence-electron chi connectivity index (χ1n) is 12.2. The van der Waals surface area contributed by atoms with Crippen LogP contribution in [-0.2, 0) is 16.6 Å². The second-order valence-electron chi connectivity index (χ2n) is 9.48. The van der Waals surface area contributed by atoms with Crippen LogP contribution in [0, 0.1) is 27.7 Å². The lowest BCUT2D eigenvalue weighted by Crippen LogP contribution is -2.38. The number of hydrogen-bond acceptors (Lipinski definition) is 3. The molecule has 0 radical (unpaired) electrons. The van der Waals surface area contributed by atoms with E-state index in [1.54, 1.807) is 6.07 Å². The van der Waals surface area contributed by atoms with Crippen molar-refractivity contribution in [2.24, 2.45) is 0 Å². The van der Waals surface area contributed by atoms with Crippen molar-refractivity contribution >= 4 is 10.0 Å². The lowest BCUT2D eigenvalue weighted by atomic mass is 9.93. The number of aryl methyl sites for hydroxylation is 4. The standard InChI is InChI=1S/C31H34N2O2S/c1-22-15-17-24(3)28(19-22)21-32-30(26-11-7-5-8-12-26)31(27-13-9-6-10-14-27)33-36(34,35)29-20-23(2)16-18-25(29)4/h5-20,30-33H,21H2,1-4H3/t30-,31-/m1/s1. The fraction of sp³-hybridized carbons (Fsp3) is 0.226. The van der Waals surface area contributed by atoms with Gasteiger partial charge in [-0.25, -0.2) is 13.1 Å². The van der Waals surface area contributed by atoms with E-state index in [0.29, 0.717) is 11.4 Å². The van der Waals surface area contributed by atoms with E-state index in [4.69, 9.17) is 0 Å². The second kappa shape index (κ2) is 11.2. The summed E-state index contributed by atoms with van der Waals surface area (Å²) in [5.41, 5.74) is 7.13. The maximum Gasteiger partial charge on any atom is 0.241 e. The van der Waals surface area contributed by atoms with Gasteiger partial charge in [-0.2, -0.15) is 0 Å². The summed E-state index contributed by atoms with van der Waals surface area (Å²) in [4.78, 5) is 0.310. The third-order valence-corrected chi connectivity index (χ3v) is 8.17. The van der Waals surface area contributed by atoms with Gasteiger partial charge in [-0.05, 0) is 67.1 Å². The van der Waals surface area contributed by atoms with Crippen LogP contribution in [0.5, 0.6) is 0 Å². The molecule has 0 aliphatic rings. The highest BCUT2D eigenvalue weighted by Crippen LogP contribution is 2.32. The molecule has 0 fully saturated rings. The van der Waals surface area contributed by atoms with E-state index >= 15 is 0 Å². The lowest BCUT2D eigenvalue weighted by Gasteiger charge is -2.30. The highest BCUT2D eigenvalue weighted by molar-refractivity contribution is 7.89. The predicted octanol–water partition coefficient (Wildman–Crippen LogP) is 6.47. The molecule has 36 heavy (non-hydrogen) atoms. The highest BCUT2D eigenvalue weighted by atomic mass is 32.2. The van der Waals surface area contributed by atoms with Crippen molar-refractivity contribution in [3.8, 4) is 0 Å². The van der Waals surface area contributed by atoms with Crippen LogP contribution in [0.3, 0.4) is 0 Å². The Labute approximate surface area is 215 Å². The SMILES string of the molecule is Cc1ccc(C)c(CN[C@H](c2ccccc2)[C@H](NS(=O)(=O)c2cc(C)ccc2C)c2ccccc2)c1. The summed E-state index contributed by atoms with van der Waals surface area (Å²) in [6.45, 7) is 8.54. The van der Waals surface area contributed by atoms with E-state index in [1.807, 2.05) is 86.6 Å². The molecule has 0 heterocycles. The predicted molar refractivity (Wildman–Crippen MR) is 147 cm³/mol. The topological polar surface area (TPSA) is 58.2 Å². The largest absolute Gasteiger partial charge is 0.304 e. The first-order chi connectivity index (χ1) is 17.2. The maximum absolute atomic E-state index is 13.8. The van der Waals surface area contributed by atoms with Gasteiger partial charge >= 0.3 is 0 Å². The Kier molecular flexibility index (Phi) is 8.04. The Balaban J connectivity index is 1.77. The van der Waals surface area contributed by atoms with Gasteiger partial charge in [-0.3, -0.25) is 0 Å². The highest BCUT2D eigenvalue weighted by Gasteiger charge is 2.30. The first kappa shape index (κ1) is 25.8. The zero-order valence-electron chi connectivity index (χ0n) is 21.3. The van der Waals surface area contributed by atoms with Crippen LogP contribution < -0.4 is 10.0 Å². The molecule has 186 valence electrons. The van der Waals surface area contributed by atoms with Gasteiger partial charge in [0.1, 0.15) is 0 Å². The van der Waals surface area contributed by atoms with Crippen molar-refractivity contribution in [2.75, 3.05) is 0 Å². The molecule has 0 amide bonds. The fourth-order valence-corrected chi connectivity index (χ4v) is 6.08. The normalized spacial score (nSPS) is 13.3. The molecule has 0 spiro atoms. The zero-order chi connectivity index (χ0) is 25.7. The molecule has 2 N–H and O–H groups in total. The Morgan fingerprint density at radius 1 is 0.639 bits per heavy atom. The molecule has 4 aromatic rings. The van der Waals surface area contributed by atoms with Gasteiger partial charge in [0.15, 0.2) is 0 Å². The van der Waals surface area contributed by atoms with E-state index in [-0.39, 0.29) is 6.04 Å². The summed E-state index contributed by atoms with van der Waals surface area (Å²) in [6.07, 6.45) is 0. The van der Waals surface area contributed by atoms with E-state index in [9.17, 15) is 8.42 Å². The molecule has 0 saturated heterocycles. The summed E-state index contributed by atoms with van der Waals surface area (Å²) in [5.74, 6) is 0. The Morgan fingerprint density at radius 2 is 1.17 bits per heavy atom. The number of benzene rings is 4. The maximum atomic E-state index is 13.8. The summed E-state index contributed by atoms with van der Waals surface area (Å²) in [6, 6.07) is 31.0.